The third-order valence-electron chi connectivity index (χ3n) is 7.63. The number of H-pyrrole nitrogens is 1. The maximum absolute atomic E-state index is 13.8. The number of methoxy groups -OCH3 is 1. The highest BCUT2D eigenvalue weighted by Gasteiger charge is 2.45. The molecule has 0 saturated heterocycles. The van der Waals surface area contributed by atoms with E-state index in [4.69, 9.17) is 21.1 Å². The standard InChI is InChI=1S/C31H30ClN3O3/c1-37-26-18-22(14-17-25(26)38-19-20-8-4-2-5-9-20)30-27-28(21-12-15-23(32)16-13-21)33-34-29(27)31(36)35(30)24-10-6-3-7-11-24/h2,4-5,8-9,12-18,24,30H,3,6-7,10-11,19H2,1H3,(H,33,34). The highest BCUT2D eigenvalue weighted by Crippen LogP contribution is 2.47. The molecule has 2 aliphatic rings. The highest BCUT2D eigenvalue weighted by molar-refractivity contribution is 6.30. The Morgan fingerprint density at radius 2 is 1.74 bits per heavy atom. The Kier molecular flexibility index (Phi) is 6.81. The molecular weight excluding hydrogens is 498 g/mol. The smallest absolute Gasteiger partial charge is 0.273 e. The van der Waals surface area contributed by atoms with Crippen molar-refractivity contribution in [2.75, 3.05) is 7.11 Å². The summed E-state index contributed by atoms with van der Waals surface area (Å²) in [7, 11) is 1.65. The van der Waals surface area contributed by atoms with Crippen LogP contribution in [0, 0.1) is 0 Å². The van der Waals surface area contributed by atoms with E-state index in [1.165, 1.54) is 6.42 Å². The molecule has 6 rings (SSSR count). The van der Waals surface area contributed by atoms with Gasteiger partial charge in [-0.15, -0.1) is 0 Å². The third kappa shape index (κ3) is 4.54. The van der Waals surface area contributed by atoms with Crippen molar-refractivity contribution in [2.24, 2.45) is 0 Å². The first-order chi connectivity index (χ1) is 18.6. The van der Waals surface area contributed by atoms with Crippen molar-refractivity contribution in [3.63, 3.8) is 0 Å². The number of ether oxygens (including phenoxy) is 2. The molecule has 1 fully saturated rings. The summed E-state index contributed by atoms with van der Waals surface area (Å²) in [4.78, 5) is 15.9. The van der Waals surface area contributed by atoms with Gasteiger partial charge in [0.05, 0.1) is 18.8 Å². The molecule has 1 unspecified atom stereocenters. The molecule has 1 N–H and O–H groups in total. The summed E-state index contributed by atoms with van der Waals surface area (Å²) in [5.41, 5.74) is 5.22. The maximum atomic E-state index is 13.8. The number of rotatable bonds is 7. The first kappa shape index (κ1) is 24.6. The Morgan fingerprint density at radius 3 is 2.47 bits per heavy atom. The molecule has 194 valence electrons. The highest BCUT2D eigenvalue weighted by atomic mass is 35.5. The van der Waals surface area contributed by atoms with Crippen molar-refractivity contribution in [1.29, 1.82) is 0 Å². The monoisotopic (exact) mass is 527 g/mol. The topological polar surface area (TPSA) is 67.5 Å². The first-order valence-corrected chi connectivity index (χ1v) is 13.5. The lowest BCUT2D eigenvalue weighted by molar-refractivity contribution is 0.0606. The predicted molar refractivity (Wildman–Crippen MR) is 148 cm³/mol. The SMILES string of the molecule is COc1cc(C2c3c(-c4ccc(Cl)cc4)n[nH]c3C(=O)N2C2CCCCC2)ccc1OCc1ccccc1. The second-order valence-corrected chi connectivity index (χ2v) is 10.4. The Labute approximate surface area is 227 Å². The van der Waals surface area contributed by atoms with Gasteiger partial charge in [0.15, 0.2) is 11.5 Å². The first-order valence-electron chi connectivity index (χ1n) is 13.2. The lowest BCUT2D eigenvalue weighted by atomic mass is 9.91. The minimum Gasteiger partial charge on any atom is -0.493 e. The van der Waals surface area contributed by atoms with Crippen LogP contribution in [-0.2, 0) is 6.61 Å². The summed E-state index contributed by atoms with van der Waals surface area (Å²) >= 11 is 6.16. The number of carbonyl (C=O) groups excluding carboxylic acids is 1. The number of aromatic nitrogens is 2. The molecule has 1 atom stereocenters. The normalized spacial score (nSPS) is 17.5. The van der Waals surface area contributed by atoms with E-state index >= 15 is 0 Å². The van der Waals surface area contributed by atoms with Crippen molar-refractivity contribution >= 4 is 17.5 Å². The molecule has 1 aromatic heterocycles. The summed E-state index contributed by atoms with van der Waals surface area (Å²) < 4.78 is 11.9. The average molecular weight is 528 g/mol. The predicted octanol–water partition coefficient (Wildman–Crippen LogP) is 7.20. The van der Waals surface area contributed by atoms with Crippen molar-refractivity contribution < 1.29 is 14.3 Å². The fraction of sp³-hybridized carbons (Fsp3) is 0.290. The maximum Gasteiger partial charge on any atom is 0.273 e. The van der Waals surface area contributed by atoms with Gasteiger partial charge in [0.1, 0.15) is 12.3 Å². The minimum atomic E-state index is -0.276. The Morgan fingerprint density at radius 1 is 0.974 bits per heavy atom. The van der Waals surface area contributed by atoms with Crippen molar-refractivity contribution in [3.05, 3.63) is 100 Å². The van der Waals surface area contributed by atoms with Gasteiger partial charge in [-0.05, 0) is 48.2 Å². The molecule has 0 bridgehead atoms. The van der Waals surface area contributed by atoms with Gasteiger partial charge in [-0.1, -0.05) is 79.4 Å². The van der Waals surface area contributed by atoms with Crippen LogP contribution in [0.5, 0.6) is 11.5 Å². The van der Waals surface area contributed by atoms with Gasteiger partial charge in [-0.2, -0.15) is 5.10 Å². The molecule has 38 heavy (non-hydrogen) atoms. The zero-order valence-electron chi connectivity index (χ0n) is 21.3. The zero-order chi connectivity index (χ0) is 26.1. The quantitative estimate of drug-likeness (QED) is 0.276. The van der Waals surface area contributed by atoms with Crippen LogP contribution < -0.4 is 9.47 Å². The number of fused-ring (bicyclic) bond motifs is 1. The molecule has 1 saturated carbocycles. The number of hydrogen-bond acceptors (Lipinski definition) is 4. The van der Waals surface area contributed by atoms with Crippen LogP contribution in [0.15, 0.2) is 72.8 Å². The number of hydrogen-bond donors (Lipinski definition) is 1. The molecular formula is C31H30ClN3O3. The van der Waals surface area contributed by atoms with E-state index in [1.807, 2.05) is 72.8 Å². The molecule has 1 amide bonds. The lowest BCUT2D eigenvalue weighted by Gasteiger charge is -2.36. The van der Waals surface area contributed by atoms with Crippen LogP contribution in [0.3, 0.4) is 0 Å². The summed E-state index contributed by atoms with van der Waals surface area (Å²) in [6.45, 7) is 0.444. The number of carbonyl (C=O) groups is 1. The Hall–Kier alpha value is -3.77. The van der Waals surface area contributed by atoms with Crippen LogP contribution in [-0.4, -0.2) is 34.2 Å². The molecule has 7 heteroatoms. The molecule has 4 aromatic rings. The number of benzene rings is 3. The van der Waals surface area contributed by atoms with E-state index < -0.39 is 0 Å². The molecule has 1 aliphatic carbocycles. The number of amides is 1. The number of aromatic amines is 1. The molecule has 0 radical (unpaired) electrons. The average Bonchev–Trinajstić information content (AvgIpc) is 3.52. The molecule has 3 aromatic carbocycles. The van der Waals surface area contributed by atoms with Gasteiger partial charge in [-0.25, -0.2) is 0 Å². The van der Waals surface area contributed by atoms with Gasteiger partial charge in [0.25, 0.3) is 5.91 Å². The van der Waals surface area contributed by atoms with Crippen molar-refractivity contribution in [3.8, 4) is 22.8 Å². The van der Waals surface area contributed by atoms with E-state index in [1.54, 1.807) is 7.11 Å². The third-order valence-corrected chi connectivity index (χ3v) is 7.88. The molecule has 1 aliphatic heterocycles. The van der Waals surface area contributed by atoms with Crippen molar-refractivity contribution in [1.82, 2.24) is 15.1 Å². The fourth-order valence-electron chi connectivity index (χ4n) is 5.77. The Bertz CT molecular complexity index is 1430. The second-order valence-electron chi connectivity index (χ2n) is 9.96. The summed E-state index contributed by atoms with van der Waals surface area (Å²) in [6, 6.07) is 23.5. The molecule has 6 nitrogen and oxygen atoms in total. The van der Waals surface area contributed by atoms with Gasteiger partial charge < -0.3 is 14.4 Å². The van der Waals surface area contributed by atoms with Gasteiger partial charge in [0, 0.05) is 22.2 Å². The van der Waals surface area contributed by atoms with Gasteiger partial charge in [-0.3, -0.25) is 9.89 Å². The van der Waals surface area contributed by atoms with Crippen LogP contribution in [0.1, 0.15) is 65.3 Å². The number of nitrogens with one attached hydrogen (secondary N) is 1. The molecule has 2 heterocycles. The van der Waals surface area contributed by atoms with E-state index in [9.17, 15) is 4.79 Å². The van der Waals surface area contributed by atoms with E-state index in [-0.39, 0.29) is 18.0 Å². The van der Waals surface area contributed by atoms with Gasteiger partial charge in [0.2, 0.25) is 0 Å². The lowest BCUT2D eigenvalue weighted by Crippen LogP contribution is -2.40. The number of nitrogens with zero attached hydrogens (tertiary/aromatic N) is 2. The van der Waals surface area contributed by atoms with Crippen LogP contribution >= 0.6 is 11.6 Å². The summed E-state index contributed by atoms with van der Waals surface area (Å²) in [5, 5.41) is 8.32. The minimum absolute atomic E-state index is 0.00739. The van der Waals surface area contributed by atoms with Gasteiger partial charge >= 0.3 is 0 Å². The largest absolute Gasteiger partial charge is 0.493 e. The second kappa shape index (κ2) is 10.5. The van der Waals surface area contributed by atoms with Crippen LogP contribution in [0.2, 0.25) is 5.02 Å². The van der Waals surface area contributed by atoms with Crippen molar-refractivity contribution in [2.45, 2.75) is 50.8 Å². The van der Waals surface area contributed by atoms with E-state index in [0.29, 0.717) is 28.8 Å². The number of halogens is 1. The van der Waals surface area contributed by atoms with E-state index in [0.717, 1.165) is 53.6 Å². The Balaban J connectivity index is 1.40. The zero-order valence-corrected chi connectivity index (χ0v) is 22.1. The fourth-order valence-corrected chi connectivity index (χ4v) is 5.89. The summed E-state index contributed by atoms with van der Waals surface area (Å²) in [6.07, 6.45) is 5.49. The molecule has 0 spiro atoms. The van der Waals surface area contributed by atoms with Crippen LogP contribution in [0.25, 0.3) is 11.3 Å². The van der Waals surface area contributed by atoms with Crippen LogP contribution in [0.4, 0.5) is 0 Å². The summed E-state index contributed by atoms with van der Waals surface area (Å²) in [5.74, 6) is 1.31. The van der Waals surface area contributed by atoms with E-state index in [2.05, 4.69) is 15.1 Å².